The zero-order valence-corrected chi connectivity index (χ0v) is 20.1. The number of piperidine rings is 1. The number of nitrogens with one attached hydrogen (secondary N) is 1. The molecule has 1 N–H and O–H groups in total. The van der Waals surface area contributed by atoms with Crippen LogP contribution in [0.4, 0.5) is 0 Å². The molecule has 5 rings (SSSR count). The molecule has 0 unspecified atom stereocenters. The molecule has 2 aromatic carbocycles. The van der Waals surface area contributed by atoms with Gasteiger partial charge in [0, 0.05) is 24.3 Å². The Morgan fingerprint density at radius 2 is 1.68 bits per heavy atom. The van der Waals surface area contributed by atoms with Crippen LogP contribution in [0.3, 0.4) is 0 Å². The first-order valence-corrected chi connectivity index (χ1v) is 13.2. The molecule has 4 aromatic rings. The second kappa shape index (κ2) is 9.84. The summed E-state index contributed by atoms with van der Waals surface area (Å²) in [6, 6.07) is 20.9. The summed E-state index contributed by atoms with van der Waals surface area (Å²) < 4.78 is 33.2. The van der Waals surface area contributed by atoms with Gasteiger partial charge in [-0.3, -0.25) is 0 Å². The van der Waals surface area contributed by atoms with Crippen molar-refractivity contribution in [2.75, 3.05) is 13.1 Å². The highest BCUT2D eigenvalue weighted by Gasteiger charge is 2.28. The summed E-state index contributed by atoms with van der Waals surface area (Å²) in [4.78, 5) is 12.3. The van der Waals surface area contributed by atoms with Crippen LogP contribution in [0.5, 0.6) is 0 Å². The quantitative estimate of drug-likeness (QED) is 0.372. The molecular formula is C25H25ClN4O3S. The number of benzene rings is 2. The maximum Gasteiger partial charge on any atom is 0.218 e. The molecular weight excluding hydrogens is 472 g/mol. The lowest BCUT2D eigenvalue weighted by atomic mass is 10.1. The van der Waals surface area contributed by atoms with Crippen LogP contribution in [0.25, 0.3) is 22.4 Å². The fourth-order valence-corrected chi connectivity index (χ4v) is 5.97. The van der Waals surface area contributed by atoms with E-state index in [0.29, 0.717) is 49.2 Å². The summed E-state index contributed by atoms with van der Waals surface area (Å²) in [6.07, 6.45) is 1.32. The predicted octanol–water partition coefficient (Wildman–Crippen LogP) is 4.79. The number of aromatic amines is 1. The molecule has 3 heterocycles. The van der Waals surface area contributed by atoms with Crippen LogP contribution in [0.15, 0.2) is 66.7 Å². The number of aromatic nitrogens is 3. The third-order valence-corrected chi connectivity index (χ3v) is 8.13. The number of fused-ring (bicyclic) bond motifs is 1. The monoisotopic (exact) mass is 496 g/mol. The molecule has 34 heavy (non-hydrogen) atoms. The number of hydrogen-bond donors (Lipinski definition) is 1. The van der Waals surface area contributed by atoms with Gasteiger partial charge in [-0.25, -0.2) is 22.7 Å². The van der Waals surface area contributed by atoms with Gasteiger partial charge in [-0.05, 0) is 24.5 Å². The smallest absolute Gasteiger partial charge is 0.218 e. The maximum atomic E-state index is 12.8. The van der Waals surface area contributed by atoms with Gasteiger partial charge in [0.2, 0.25) is 10.0 Å². The Balaban J connectivity index is 1.19. The van der Waals surface area contributed by atoms with Crippen LogP contribution in [-0.2, 0) is 27.1 Å². The van der Waals surface area contributed by atoms with E-state index in [1.807, 2.05) is 66.7 Å². The van der Waals surface area contributed by atoms with E-state index in [2.05, 4.69) is 15.0 Å². The number of halogens is 1. The molecule has 1 saturated heterocycles. The van der Waals surface area contributed by atoms with Crippen molar-refractivity contribution in [3.63, 3.8) is 0 Å². The van der Waals surface area contributed by atoms with E-state index in [0.717, 1.165) is 22.2 Å². The Kier molecular flexibility index (Phi) is 6.65. The number of hydrogen-bond acceptors (Lipinski definition) is 5. The molecule has 0 atom stereocenters. The molecule has 1 aliphatic heterocycles. The summed E-state index contributed by atoms with van der Waals surface area (Å²) in [5.41, 5.74) is 3.22. The van der Waals surface area contributed by atoms with Crippen LogP contribution in [-0.4, -0.2) is 46.9 Å². The Morgan fingerprint density at radius 3 is 2.38 bits per heavy atom. The van der Waals surface area contributed by atoms with Crippen LogP contribution in [0, 0.1) is 0 Å². The zero-order valence-electron chi connectivity index (χ0n) is 18.5. The summed E-state index contributed by atoms with van der Waals surface area (Å²) in [6.45, 7) is 1.29. The fraction of sp³-hybridized carbons (Fsp3) is 0.280. The summed E-state index contributed by atoms with van der Waals surface area (Å²) in [5.74, 6) is 0.595. The van der Waals surface area contributed by atoms with Gasteiger partial charge in [-0.15, -0.1) is 0 Å². The van der Waals surface area contributed by atoms with E-state index >= 15 is 0 Å². The largest absolute Gasteiger partial charge is 0.372 e. The van der Waals surface area contributed by atoms with E-state index in [9.17, 15) is 8.42 Å². The van der Waals surface area contributed by atoms with Crippen LogP contribution < -0.4 is 0 Å². The standard InChI is InChI=1S/C25H25ClN4O3S/c26-23-22-15-20(27-25(22)29-24(28-23)19-9-5-2-6-10-19)16-33-21-11-13-30(14-12-21)34(31,32)17-18-7-3-1-4-8-18/h1-10,15,21H,11-14,16-17H2,(H,27,28,29). The highest BCUT2D eigenvalue weighted by molar-refractivity contribution is 7.88. The Labute approximate surface area is 203 Å². The van der Waals surface area contributed by atoms with Gasteiger partial charge in [0.25, 0.3) is 0 Å². The van der Waals surface area contributed by atoms with Crippen molar-refractivity contribution in [1.29, 1.82) is 0 Å². The van der Waals surface area contributed by atoms with E-state index in [4.69, 9.17) is 16.3 Å². The van der Waals surface area contributed by atoms with Gasteiger partial charge in [-0.1, -0.05) is 72.3 Å². The van der Waals surface area contributed by atoms with Gasteiger partial charge in [0.15, 0.2) is 5.82 Å². The average Bonchev–Trinajstić information content (AvgIpc) is 3.28. The zero-order chi connectivity index (χ0) is 23.5. The Bertz CT molecular complexity index is 1370. The molecule has 0 spiro atoms. The van der Waals surface area contributed by atoms with Crippen molar-refractivity contribution in [2.24, 2.45) is 0 Å². The molecule has 9 heteroatoms. The van der Waals surface area contributed by atoms with Crippen molar-refractivity contribution in [3.05, 3.63) is 83.1 Å². The van der Waals surface area contributed by atoms with Crippen LogP contribution in [0.1, 0.15) is 24.1 Å². The molecule has 0 bridgehead atoms. The third-order valence-electron chi connectivity index (χ3n) is 5.99. The molecule has 1 fully saturated rings. The Morgan fingerprint density at radius 1 is 1.00 bits per heavy atom. The van der Waals surface area contributed by atoms with Crippen molar-refractivity contribution in [2.45, 2.75) is 31.3 Å². The lowest BCUT2D eigenvalue weighted by Crippen LogP contribution is -2.41. The Hall–Kier alpha value is -2.78. The van der Waals surface area contributed by atoms with Crippen molar-refractivity contribution in [3.8, 4) is 11.4 Å². The normalized spacial score (nSPS) is 15.7. The lowest BCUT2D eigenvalue weighted by Gasteiger charge is -2.31. The van der Waals surface area contributed by atoms with E-state index in [1.165, 1.54) is 0 Å². The molecule has 2 aromatic heterocycles. The number of sulfonamides is 1. The molecule has 0 aliphatic carbocycles. The van der Waals surface area contributed by atoms with E-state index < -0.39 is 10.0 Å². The predicted molar refractivity (Wildman–Crippen MR) is 133 cm³/mol. The molecule has 7 nitrogen and oxygen atoms in total. The van der Waals surface area contributed by atoms with Crippen LogP contribution >= 0.6 is 11.6 Å². The van der Waals surface area contributed by atoms with Crippen molar-refractivity contribution < 1.29 is 13.2 Å². The van der Waals surface area contributed by atoms with Crippen molar-refractivity contribution in [1.82, 2.24) is 19.3 Å². The average molecular weight is 497 g/mol. The number of H-pyrrole nitrogens is 1. The second-order valence-electron chi connectivity index (χ2n) is 8.41. The maximum absolute atomic E-state index is 12.8. The topological polar surface area (TPSA) is 88.2 Å². The molecule has 176 valence electrons. The van der Waals surface area contributed by atoms with Crippen molar-refractivity contribution >= 4 is 32.7 Å². The molecule has 0 radical (unpaired) electrons. The van der Waals surface area contributed by atoms with Gasteiger partial charge in [0.05, 0.1) is 23.8 Å². The summed E-state index contributed by atoms with van der Waals surface area (Å²) in [7, 11) is -3.33. The van der Waals surface area contributed by atoms with Gasteiger partial charge < -0.3 is 9.72 Å². The molecule has 1 aliphatic rings. The minimum Gasteiger partial charge on any atom is -0.372 e. The third kappa shape index (κ3) is 5.15. The van der Waals surface area contributed by atoms with Crippen LogP contribution in [0.2, 0.25) is 5.15 Å². The lowest BCUT2D eigenvalue weighted by molar-refractivity contribution is 0.00892. The number of ether oxygens (including phenoxy) is 1. The van der Waals surface area contributed by atoms with E-state index in [-0.39, 0.29) is 11.9 Å². The second-order valence-corrected chi connectivity index (χ2v) is 10.7. The fourth-order valence-electron chi connectivity index (χ4n) is 4.18. The summed E-state index contributed by atoms with van der Waals surface area (Å²) in [5, 5.41) is 1.14. The molecule has 0 amide bonds. The SMILES string of the molecule is O=S(=O)(Cc1ccccc1)N1CCC(OCc2cc3c(Cl)nc(-c4ccccc4)nc3[nH]2)CC1. The first-order chi connectivity index (χ1) is 16.5. The highest BCUT2D eigenvalue weighted by Crippen LogP contribution is 2.26. The minimum absolute atomic E-state index is 0.00368. The highest BCUT2D eigenvalue weighted by atomic mass is 35.5. The van der Waals surface area contributed by atoms with Gasteiger partial charge in [-0.2, -0.15) is 0 Å². The number of nitrogens with zero attached hydrogens (tertiary/aromatic N) is 3. The first-order valence-electron chi connectivity index (χ1n) is 11.2. The molecule has 0 saturated carbocycles. The van der Waals surface area contributed by atoms with E-state index in [1.54, 1.807) is 4.31 Å². The number of rotatable bonds is 7. The first kappa shape index (κ1) is 23.0. The summed E-state index contributed by atoms with van der Waals surface area (Å²) >= 11 is 6.42. The minimum atomic E-state index is -3.33. The van der Waals surface area contributed by atoms with Gasteiger partial charge in [0.1, 0.15) is 10.8 Å². The van der Waals surface area contributed by atoms with Gasteiger partial charge >= 0.3 is 0 Å².